The van der Waals surface area contributed by atoms with Crippen molar-refractivity contribution in [2.45, 2.75) is 26.2 Å². The van der Waals surface area contributed by atoms with Gasteiger partial charge in [-0.1, -0.05) is 13.3 Å². The normalized spacial score (nSPS) is 11.8. The summed E-state index contributed by atoms with van der Waals surface area (Å²) in [4.78, 5) is 0. The molecule has 0 aliphatic rings. The van der Waals surface area contributed by atoms with Crippen LogP contribution in [0.5, 0.6) is 0 Å². The van der Waals surface area contributed by atoms with Gasteiger partial charge in [0, 0.05) is 0 Å². The minimum atomic E-state index is -3.27. The first-order valence-electron chi connectivity index (χ1n) is 4.19. The standard InChI is InChI=1S/C7H17NO3S/c1-2-3-7-12(9,10)11-6-4-5-8/h2-8H2,1H3. The van der Waals surface area contributed by atoms with Crippen LogP contribution in [-0.2, 0) is 14.3 Å². The van der Waals surface area contributed by atoms with E-state index in [-0.39, 0.29) is 12.4 Å². The lowest BCUT2D eigenvalue weighted by Gasteiger charge is -2.02. The maximum Gasteiger partial charge on any atom is 0.267 e. The van der Waals surface area contributed by atoms with E-state index in [1.54, 1.807) is 0 Å². The predicted octanol–water partition coefficient (Wildman–Crippen LogP) is 0.482. The monoisotopic (exact) mass is 195 g/mol. The van der Waals surface area contributed by atoms with Crippen LogP contribution in [0.15, 0.2) is 0 Å². The molecule has 0 bridgehead atoms. The number of unbranched alkanes of at least 4 members (excludes halogenated alkanes) is 1. The van der Waals surface area contributed by atoms with E-state index in [0.29, 0.717) is 19.4 Å². The van der Waals surface area contributed by atoms with E-state index in [4.69, 9.17) is 5.73 Å². The summed E-state index contributed by atoms with van der Waals surface area (Å²) in [5.41, 5.74) is 5.18. The first kappa shape index (κ1) is 11.9. The molecule has 0 amide bonds. The van der Waals surface area contributed by atoms with Crippen molar-refractivity contribution in [3.63, 3.8) is 0 Å². The van der Waals surface area contributed by atoms with E-state index in [1.165, 1.54) is 0 Å². The molecule has 4 nitrogen and oxygen atoms in total. The van der Waals surface area contributed by atoms with Crippen molar-refractivity contribution in [2.75, 3.05) is 18.9 Å². The molecular weight excluding hydrogens is 178 g/mol. The first-order valence-corrected chi connectivity index (χ1v) is 5.77. The third-order valence-corrected chi connectivity index (χ3v) is 2.67. The number of hydrogen-bond acceptors (Lipinski definition) is 4. The molecule has 0 radical (unpaired) electrons. The Bertz CT molecular complexity index is 189. The second-order valence-corrected chi connectivity index (χ2v) is 4.34. The van der Waals surface area contributed by atoms with Gasteiger partial charge in [-0.25, -0.2) is 0 Å². The Morgan fingerprint density at radius 2 is 2.00 bits per heavy atom. The van der Waals surface area contributed by atoms with E-state index >= 15 is 0 Å². The zero-order valence-corrected chi connectivity index (χ0v) is 8.27. The lowest BCUT2D eigenvalue weighted by molar-refractivity contribution is 0.314. The topological polar surface area (TPSA) is 69.4 Å². The zero-order chi connectivity index (χ0) is 9.45. The molecule has 0 fully saturated rings. The molecule has 2 N–H and O–H groups in total. The van der Waals surface area contributed by atoms with Crippen molar-refractivity contribution >= 4 is 10.1 Å². The van der Waals surface area contributed by atoms with Crippen LogP contribution in [-0.4, -0.2) is 27.3 Å². The van der Waals surface area contributed by atoms with Gasteiger partial charge in [-0.3, -0.25) is 4.18 Å². The summed E-state index contributed by atoms with van der Waals surface area (Å²) in [7, 11) is -3.27. The molecule has 0 aliphatic heterocycles. The van der Waals surface area contributed by atoms with Crippen molar-refractivity contribution in [1.82, 2.24) is 0 Å². The maximum absolute atomic E-state index is 11.0. The molecule has 0 aromatic carbocycles. The molecule has 5 heteroatoms. The molecule has 0 heterocycles. The third kappa shape index (κ3) is 6.57. The zero-order valence-electron chi connectivity index (χ0n) is 7.45. The van der Waals surface area contributed by atoms with Gasteiger partial charge >= 0.3 is 0 Å². The quantitative estimate of drug-likeness (QED) is 0.474. The highest BCUT2D eigenvalue weighted by Crippen LogP contribution is 1.99. The maximum atomic E-state index is 11.0. The molecule has 0 aromatic heterocycles. The predicted molar refractivity (Wildman–Crippen MR) is 48.3 cm³/mol. The molecule has 0 aromatic rings. The fourth-order valence-electron chi connectivity index (χ4n) is 0.649. The van der Waals surface area contributed by atoms with Crippen molar-refractivity contribution in [3.8, 4) is 0 Å². The van der Waals surface area contributed by atoms with Crippen LogP contribution in [0.4, 0.5) is 0 Å². The van der Waals surface area contributed by atoms with Crippen LogP contribution in [0.3, 0.4) is 0 Å². The van der Waals surface area contributed by atoms with E-state index in [9.17, 15) is 8.42 Å². The molecule has 0 saturated carbocycles. The second-order valence-electron chi connectivity index (χ2n) is 2.58. The third-order valence-electron chi connectivity index (χ3n) is 1.36. The van der Waals surface area contributed by atoms with Crippen molar-refractivity contribution < 1.29 is 12.6 Å². The Kier molecular flexibility index (Phi) is 6.32. The molecule has 0 spiro atoms. The van der Waals surface area contributed by atoms with Crippen LogP contribution in [0, 0.1) is 0 Å². The van der Waals surface area contributed by atoms with Crippen molar-refractivity contribution in [3.05, 3.63) is 0 Å². The van der Waals surface area contributed by atoms with Gasteiger partial charge in [0.2, 0.25) is 0 Å². The van der Waals surface area contributed by atoms with Gasteiger partial charge in [-0.15, -0.1) is 0 Å². The highest BCUT2D eigenvalue weighted by Gasteiger charge is 2.08. The molecular formula is C7H17NO3S. The smallest absolute Gasteiger partial charge is 0.267 e. The lowest BCUT2D eigenvalue weighted by atomic mass is 10.4. The average molecular weight is 195 g/mol. The molecule has 0 saturated heterocycles. The van der Waals surface area contributed by atoms with Gasteiger partial charge < -0.3 is 5.73 Å². The molecule has 0 unspecified atom stereocenters. The molecule has 12 heavy (non-hydrogen) atoms. The summed E-state index contributed by atoms with van der Waals surface area (Å²) < 4.78 is 26.7. The summed E-state index contributed by atoms with van der Waals surface area (Å²) in [5.74, 6) is 0.119. The Hall–Kier alpha value is -0.130. The Balaban J connectivity index is 3.58. The van der Waals surface area contributed by atoms with Gasteiger partial charge in [0.15, 0.2) is 0 Å². The van der Waals surface area contributed by atoms with Crippen LogP contribution < -0.4 is 5.73 Å². The molecule has 0 rings (SSSR count). The van der Waals surface area contributed by atoms with E-state index < -0.39 is 10.1 Å². The second kappa shape index (κ2) is 6.39. The van der Waals surface area contributed by atoms with Crippen LogP contribution >= 0.6 is 0 Å². The number of rotatable bonds is 7. The largest absolute Gasteiger partial charge is 0.330 e. The molecule has 74 valence electrons. The minimum Gasteiger partial charge on any atom is -0.330 e. The molecule has 0 aliphatic carbocycles. The summed E-state index contributed by atoms with van der Waals surface area (Å²) in [6, 6.07) is 0. The highest BCUT2D eigenvalue weighted by atomic mass is 32.2. The fraction of sp³-hybridized carbons (Fsp3) is 1.00. The fourth-order valence-corrected chi connectivity index (χ4v) is 1.78. The van der Waals surface area contributed by atoms with Gasteiger partial charge in [0.25, 0.3) is 10.1 Å². The summed E-state index contributed by atoms with van der Waals surface area (Å²) in [6.45, 7) is 2.61. The van der Waals surface area contributed by atoms with E-state index in [2.05, 4.69) is 4.18 Å². The van der Waals surface area contributed by atoms with Crippen molar-refractivity contribution in [1.29, 1.82) is 0 Å². The first-order chi connectivity index (χ1) is 5.62. The number of hydrogen-bond donors (Lipinski definition) is 1. The summed E-state index contributed by atoms with van der Waals surface area (Å²) >= 11 is 0. The van der Waals surface area contributed by atoms with Gasteiger partial charge in [0.1, 0.15) is 0 Å². The Morgan fingerprint density at radius 1 is 1.33 bits per heavy atom. The Labute approximate surface area is 74.2 Å². The average Bonchev–Trinajstić information content (AvgIpc) is 2.01. The van der Waals surface area contributed by atoms with E-state index in [0.717, 1.165) is 6.42 Å². The lowest BCUT2D eigenvalue weighted by Crippen LogP contribution is -2.13. The minimum absolute atomic E-state index is 0.119. The SMILES string of the molecule is CCCCS(=O)(=O)OCCCN. The summed E-state index contributed by atoms with van der Waals surface area (Å²) in [6.07, 6.45) is 2.11. The van der Waals surface area contributed by atoms with Crippen LogP contribution in [0.25, 0.3) is 0 Å². The van der Waals surface area contributed by atoms with E-state index in [1.807, 2.05) is 6.92 Å². The van der Waals surface area contributed by atoms with Crippen molar-refractivity contribution in [2.24, 2.45) is 5.73 Å². The summed E-state index contributed by atoms with van der Waals surface area (Å²) in [5, 5.41) is 0. The van der Waals surface area contributed by atoms with Crippen LogP contribution in [0.2, 0.25) is 0 Å². The van der Waals surface area contributed by atoms with Crippen LogP contribution in [0.1, 0.15) is 26.2 Å². The van der Waals surface area contributed by atoms with Gasteiger partial charge in [-0.05, 0) is 19.4 Å². The molecule has 0 atom stereocenters. The Morgan fingerprint density at radius 3 is 2.50 bits per heavy atom. The van der Waals surface area contributed by atoms with Gasteiger partial charge in [0.05, 0.1) is 12.4 Å². The van der Waals surface area contributed by atoms with Gasteiger partial charge in [-0.2, -0.15) is 8.42 Å². The highest BCUT2D eigenvalue weighted by molar-refractivity contribution is 7.86. The number of nitrogens with two attached hydrogens (primary N) is 1.